The summed E-state index contributed by atoms with van der Waals surface area (Å²) in [6, 6.07) is 4.77. The number of aryl methyl sites for hydroxylation is 1. The molecule has 0 bridgehead atoms. The topological polar surface area (TPSA) is 63.5 Å². The van der Waals surface area contributed by atoms with Gasteiger partial charge in [0, 0.05) is 30.3 Å². The fraction of sp³-hybridized carbons (Fsp3) is 0.417. The van der Waals surface area contributed by atoms with Crippen LogP contribution in [0.2, 0.25) is 0 Å². The van der Waals surface area contributed by atoms with Gasteiger partial charge < -0.3 is 4.90 Å². The number of hydrogen-bond donors (Lipinski definition) is 1. The lowest BCUT2D eigenvalue weighted by molar-refractivity contribution is -0.385. The highest BCUT2D eigenvalue weighted by Crippen LogP contribution is 2.29. The second kappa shape index (κ2) is 4.97. The minimum atomic E-state index is -0.415. The normalized spacial score (nSPS) is 19.3. The van der Waals surface area contributed by atoms with E-state index in [9.17, 15) is 14.9 Å². The monoisotopic (exact) mass is 266 g/mol. The van der Waals surface area contributed by atoms with Crippen LogP contribution in [0, 0.1) is 23.0 Å². The first-order valence-corrected chi connectivity index (χ1v) is 6.32. The maximum absolute atomic E-state index is 11.8. The summed E-state index contributed by atoms with van der Waals surface area (Å²) in [4.78, 5) is 23.8. The Morgan fingerprint density at radius 1 is 1.56 bits per heavy atom. The smallest absolute Gasteiger partial charge is 0.272 e. The molecule has 5 nitrogen and oxygen atoms in total. The number of benzene rings is 1. The molecule has 1 aliphatic rings. The van der Waals surface area contributed by atoms with Gasteiger partial charge in [0.2, 0.25) is 5.91 Å². The molecule has 1 unspecified atom stereocenters. The molecule has 0 spiro atoms. The number of thiol groups is 1. The van der Waals surface area contributed by atoms with Gasteiger partial charge in [-0.25, -0.2) is 0 Å². The Labute approximate surface area is 110 Å². The van der Waals surface area contributed by atoms with Gasteiger partial charge in [-0.15, -0.1) is 0 Å². The van der Waals surface area contributed by atoms with Crippen LogP contribution in [0.15, 0.2) is 18.2 Å². The third kappa shape index (κ3) is 2.33. The van der Waals surface area contributed by atoms with E-state index >= 15 is 0 Å². The number of nitro groups is 1. The molecular weight excluding hydrogens is 252 g/mol. The number of carbonyl (C=O) groups is 1. The number of nitro benzene ring substituents is 1. The third-order valence-electron chi connectivity index (χ3n) is 3.15. The lowest BCUT2D eigenvalue weighted by atomic mass is 10.1. The Morgan fingerprint density at radius 3 is 2.78 bits per heavy atom. The highest BCUT2D eigenvalue weighted by Gasteiger charge is 2.30. The molecule has 2 rings (SSSR count). The van der Waals surface area contributed by atoms with E-state index in [4.69, 9.17) is 0 Å². The van der Waals surface area contributed by atoms with Crippen LogP contribution in [-0.2, 0) is 4.79 Å². The number of rotatable bonds is 3. The van der Waals surface area contributed by atoms with Crippen molar-refractivity contribution >= 4 is 29.9 Å². The van der Waals surface area contributed by atoms with Crippen molar-refractivity contribution in [3.8, 4) is 0 Å². The fourth-order valence-corrected chi connectivity index (χ4v) is 2.41. The van der Waals surface area contributed by atoms with E-state index in [1.54, 1.807) is 24.0 Å². The number of nitrogens with zero attached hydrogens (tertiary/aromatic N) is 2. The van der Waals surface area contributed by atoms with E-state index in [0.717, 1.165) is 5.69 Å². The zero-order valence-corrected chi connectivity index (χ0v) is 10.9. The first-order chi connectivity index (χ1) is 8.52. The molecule has 1 saturated heterocycles. The number of hydrogen-bond acceptors (Lipinski definition) is 4. The van der Waals surface area contributed by atoms with Gasteiger partial charge >= 0.3 is 0 Å². The van der Waals surface area contributed by atoms with Crippen molar-refractivity contribution in [3.05, 3.63) is 33.9 Å². The lowest BCUT2D eigenvalue weighted by Crippen LogP contribution is -2.24. The second-order valence-electron chi connectivity index (χ2n) is 4.48. The molecule has 1 fully saturated rings. The van der Waals surface area contributed by atoms with E-state index in [1.165, 1.54) is 6.07 Å². The quantitative estimate of drug-likeness (QED) is 0.518. The van der Waals surface area contributed by atoms with Crippen LogP contribution >= 0.6 is 12.6 Å². The van der Waals surface area contributed by atoms with E-state index in [2.05, 4.69) is 12.6 Å². The Hall–Kier alpha value is -1.56. The van der Waals surface area contributed by atoms with Crippen molar-refractivity contribution in [1.82, 2.24) is 0 Å². The molecule has 1 amide bonds. The molecule has 18 heavy (non-hydrogen) atoms. The summed E-state index contributed by atoms with van der Waals surface area (Å²) >= 11 is 4.20. The van der Waals surface area contributed by atoms with Crippen LogP contribution in [-0.4, -0.2) is 23.1 Å². The molecule has 0 radical (unpaired) electrons. The molecule has 0 aromatic heterocycles. The minimum Gasteiger partial charge on any atom is -0.312 e. The van der Waals surface area contributed by atoms with Gasteiger partial charge in [-0.2, -0.15) is 12.6 Å². The first kappa shape index (κ1) is 12.9. The summed E-state index contributed by atoms with van der Waals surface area (Å²) < 4.78 is 0. The zero-order valence-electron chi connectivity index (χ0n) is 10.00. The molecule has 6 heteroatoms. The first-order valence-electron chi connectivity index (χ1n) is 5.69. The molecular formula is C12H14N2O3S. The Kier molecular flexibility index (Phi) is 3.56. The Balaban J connectivity index is 2.27. The predicted octanol–water partition coefficient (Wildman–Crippen LogP) is 2.19. The summed E-state index contributed by atoms with van der Waals surface area (Å²) in [7, 11) is 0. The van der Waals surface area contributed by atoms with Crippen LogP contribution in [0.4, 0.5) is 11.4 Å². The van der Waals surface area contributed by atoms with Gasteiger partial charge in [0.1, 0.15) is 0 Å². The summed E-state index contributed by atoms with van der Waals surface area (Å²) in [5.74, 6) is 0.993. The molecule has 1 aliphatic heterocycles. The largest absolute Gasteiger partial charge is 0.312 e. The van der Waals surface area contributed by atoms with Crippen LogP contribution < -0.4 is 4.90 Å². The molecule has 96 valence electrons. The van der Waals surface area contributed by atoms with Gasteiger partial charge in [-0.1, -0.05) is 0 Å². The standard InChI is InChI=1S/C12H14N2O3S/c1-8-4-10(2-3-11(8)14(16)17)13-6-9(7-18)5-12(13)15/h2-4,9,18H,5-7H2,1H3. The summed E-state index contributed by atoms with van der Waals surface area (Å²) in [6.07, 6.45) is 0.500. The predicted molar refractivity (Wildman–Crippen MR) is 72.1 cm³/mol. The average molecular weight is 266 g/mol. The molecule has 0 aliphatic carbocycles. The molecule has 0 saturated carbocycles. The number of carbonyl (C=O) groups excluding carboxylic acids is 1. The second-order valence-corrected chi connectivity index (χ2v) is 4.85. The van der Waals surface area contributed by atoms with E-state index in [1.807, 2.05) is 0 Å². The van der Waals surface area contributed by atoms with Crippen LogP contribution in [0.1, 0.15) is 12.0 Å². The average Bonchev–Trinajstić information content (AvgIpc) is 2.70. The van der Waals surface area contributed by atoms with Crippen LogP contribution in [0.5, 0.6) is 0 Å². The van der Waals surface area contributed by atoms with Gasteiger partial charge in [-0.3, -0.25) is 14.9 Å². The Bertz CT molecular complexity index is 504. The van der Waals surface area contributed by atoms with E-state index in [-0.39, 0.29) is 17.5 Å². The van der Waals surface area contributed by atoms with Gasteiger partial charge in [-0.05, 0) is 30.7 Å². The van der Waals surface area contributed by atoms with Crippen molar-refractivity contribution < 1.29 is 9.72 Å². The van der Waals surface area contributed by atoms with Gasteiger partial charge in [0.25, 0.3) is 5.69 Å². The van der Waals surface area contributed by atoms with Gasteiger partial charge in [0.05, 0.1) is 4.92 Å². The third-order valence-corrected chi connectivity index (χ3v) is 3.67. The SMILES string of the molecule is Cc1cc(N2CC(CS)CC2=O)ccc1[N+](=O)[O-]. The van der Waals surface area contributed by atoms with Crippen LogP contribution in [0.25, 0.3) is 0 Å². The summed E-state index contributed by atoms with van der Waals surface area (Å²) in [5, 5.41) is 10.7. The molecule has 0 N–H and O–H groups in total. The van der Waals surface area contributed by atoms with Crippen molar-refractivity contribution in [2.45, 2.75) is 13.3 Å². The van der Waals surface area contributed by atoms with Gasteiger partial charge in [0.15, 0.2) is 0 Å². The molecule has 1 heterocycles. The number of amides is 1. The van der Waals surface area contributed by atoms with Crippen molar-refractivity contribution in [1.29, 1.82) is 0 Å². The van der Waals surface area contributed by atoms with Crippen LogP contribution in [0.3, 0.4) is 0 Å². The van der Waals surface area contributed by atoms with E-state index in [0.29, 0.717) is 24.3 Å². The van der Waals surface area contributed by atoms with Crippen molar-refractivity contribution in [2.24, 2.45) is 5.92 Å². The molecule has 1 aromatic carbocycles. The van der Waals surface area contributed by atoms with Crippen molar-refractivity contribution in [2.75, 3.05) is 17.2 Å². The maximum Gasteiger partial charge on any atom is 0.272 e. The maximum atomic E-state index is 11.8. The van der Waals surface area contributed by atoms with Crippen molar-refractivity contribution in [3.63, 3.8) is 0 Å². The summed E-state index contributed by atoms with van der Waals surface area (Å²) in [5.41, 5.74) is 1.38. The fourth-order valence-electron chi connectivity index (χ4n) is 2.17. The summed E-state index contributed by atoms with van der Waals surface area (Å²) in [6.45, 7) is 2.32. The lowest BCUT2D eigenvalue weighted by Gasteiger charge is -2.17. The minimum absolute atomic E-state index is 0.0577. The molecule has 1 aromatic rings. The molecule has 1 atom stereocenters. The van der Waals surface area contributed by atoms with E-state index < -0.39 is 4.92 Å². The number of anilines is 1. The highest BCUT2D eigenvalue weighted by molar-refractivity contribution is 7.80. The highest BCUT2D eigenvalue weighted by atomic mass is 32.1. The Morgan fingerprint density at radius 2 is 2.28 bits per heavy atom. The zero-order chi connectivity index (χ0) is 13.3.